The molecule has 26 heavy (non-hydrogen) atoms. The number of nitrogens with one attached hydrogen (secondary N) is 1. The van der Waals surface area contributed by atoms with Gasteiger partial charge in [0.1, 0.15) is 5.76 Å². The maximum absolute atomic E-state index is 13.0. The molecular formula is C18H17F3N2O3. The van der Waals surface area contributed by atoms with E-state index in [1.54, 1.807) is 6.92 Å². The number of nitrogens with two attached hydrogens (primary N) is 1. The summed E-state index contributed by atoms with van der Waals surface area (Å²) < 4.78 is 44.5. The van der Waals surface area contributed by atoms with Crippen LogP contribution in [0.15, 0.2) is 22.6 Å². The van der Waals surface area contributed by atoms with Gasteiger partial charge < -0.3 is 15.5 Å². The Morgan fingerprint density at radius 3 is 2.62 bits per heavy atom. The third-order valence-electron chi connectivity index (χ3n) is 4.33. The standard InChI is InChI=1S/C18H17F3N2O3/c1-9-15-13(24)3-2-4-14(15)26-16(9)17(25)23-12-6-10(8-22)5-11(7-12)18(19,20)21/h5-7H,2-4,8,22H2,1H3,(H,23,25). The minimum absolute atomic E-state index is 0.0367. The molecule has 0 saturated heterocycles. The van der Waals surface area contributed by atoms with Crippen molar-refractivity contribution in [1.29, 1.82) is 0 Å². The Labute approximate surface area is 147 Å². The molecule has 0 fully saturated rings. The van der Waals surface area contributed by atoms with Crippen LogP contribution in [0.1, 0.15) is 56.2 Å². The quantitative estimate of drug-likeness (QED) is 0.864. The molecule has 1 aromatic carbocycles. The molecular weight excluding hydrogens is 349 g/mol. The highest BCUT2D eigenvalue weighted by molar-refractivity contribution is 6.07. The first-order valence-corrected chi connectivity index (χ1v) is 8.08. The largest absolute Gasteiger partial charge is 0.455 e. The number of alkyl halides is 3. The van der Waals surface area contributed by atoms with Crippen molar-refractivity contribution in [2.75, 3.05) is 5.32 Å². The lowest BCUT2D eigenvalue weighted by Crippen LogP contribution is -2.15. The first-order valence-electron chi connectivity index (χ1n) is 8.08. The lowest BCUT2D eigenvalue weighted by atomic mass is 9.94. The molecule has 0 saturated carbocycles. The minimum Gasteiger partial charge on any atom is -0.455 e. The molecule has 1 aromatic heterocycles. The summed E-state index contributed by atoms with van der Waals surface area (Å²) in [5.74, 6) is -0.393. The number of rotatable bonds is 3. The summed E-state index contributed by atoms with van der Waals surface area (Å²) in [6.45, 7) is 1.49. The van der Waals surface area contributed by atoms with E-state index in [1.165, 1.54) is 6.07 Å². The maximum Gasteiger partial charge on any atom is 0.416 e. The first kappa shape index (κ1) is 18.2. The molecule has 1 aliphatic rings. The Balaban J connectivity index is 1.93. The fraction of sp³-hybridized carbons (Fsp3) is 0.333. The van der Waals surface area contributed by atoms with Crippen molar-refractivity contribution in [3.63, 3.8) is 0 Å². The normalized spacial score (nSPS) is 14.3. The molecule has 0 radical (unpaired) electrons. The van der Waals surface area contributed by atoms with E-state index >= 15 is 0 Å². The Bertz CT molecular complexity index is 885. The predicted molar refractivity (Wildman–Crippen MR) is 88.0 cm³/mol. The molecule has 3 rings (SSSR count). The number of Topliss-reactive ketones (excluding diaryl/α,β-unsaturated/α-hetero) is 1. The van der Waals surface area contributed by atoms with Crippen molar-refractivity contribution < 1.29 is 27.2 Å². The maximum atomic E-state index is 13.0. The number of hydrogen-bond donors (Lipinski definition) is 2. The van der Waals surface area contributed by atoms with Crippen LogP contribution < -0.4 is 11.1 Å². The number of aryl methyl sites for hydroxylation is 1. The van der Waals surface area contributed by atoms with Crippen LogP contribution in [0.3, 0.4) is 0 Å². The van der Waals surface area contributed by atoms with Gasteiger partial charge in [0.15, 0.2) is 11.5 Å². The van der Waals surface area contributed by atoms with Crippen molar-refractivity contribution in [3.8, 4) is 0 Å². The predicted octanol–water partition coefficient (Wildman–Crippen LogP) is 3.84. The van der Waals surface area contributed by atoms with Gasteiger partial charge in [-0.1, -0.05) is 0 Å². The van der Waals surface area contributed by atoms with Gasteiger partial charge in [-0.25, -0.2) is 0 Å². The second kappa shape index (κ2) is 6.60. The highest BCUT2D eigenvalue weighted by atomic mass is 19.4. The van der Waals surface area contributed by atoms with Crippen LogP contribution in [0.2, 0.25) is 0 Å². The van der Waals surface area contributed by atoms with E-state index in [0.717, 1.165) is 12.1 Å². The van der Waals surface area contributed by atoms with Crippen LogP contribution in [0.5, 0.6) is 0 Å². The molecule has 1 heterocycles. The lowest BCUT2D eigenvalue weighted by Gasteiger charge is -2.12. The van der Waals surface area contributed by atoms with Crippen molar-refractivity contribution in [3.05, 3.63) is 52.0 Å². The highest BCUT2D eigenvalue weighted by Crippen LogP contribution is 2.33. The van der Waals surface area contributed by atoms with Gasteiger partial charge in [0, 0.05) is 30.6 Å². The molecule has 1 amide bonds. The summed E-state index contributed by atoms with van der Waals surface area (Å²) in [6.07, 6.45) is -2.97. The topological polar surface area (TPSA) is 85.3 Å². The zero-order valence-corrected chi connectivity index (χ0v) is 14.0. The number of fused-ring (bicyclic) bond motifs is 1. The molecule has 0 unspecified atom stereocenters. The summed E-state index contributed by atoms with van der Waals surface area (Å²) in [6, 6.07) is 3.14. The summed E-state index contributed by atoms with van der Waals surface area (Å²) in [5, 5.41) is 2.41. The molecule has 138 valence electrons. The number of carbonyl (C=O) groups is 2. The second-order valence-corrected chi connectivity index (χ2v) is 6.21. The van der Waals surface area contributed by atoms with Gasteiger partial charge in [-0.05, 0) is 37.1 Å². The zero-order valence-electron chi connectivity index (χ0n) is 14.0. The van der Waals surface area contributed by atoms with Crippen molar-refractivity contribution in [1.82, 2.24) is 0 Å². The van der Waals surface area contributed by atoms with Gasteiger partial charge in [0.25, 0.3) is 5.91 Å². The van der Waals surface area contributed by atoms with Crippen molar-refractivity contribution in [2.24, 2.45) is 5.73 Å². The number of halogens is 3. The van der Waals surface area contributed by atoms with E-state index < -0.39 is 17.6 Å². The van der Waals surface area contributed by atoms with E-state index in [0.29, 0.717) is 36.1 Å². The van der Waals surface area contributed by atoms with Gasteiger partial charge in [-0.2, -0.15) is 13.2 Å². The molecule has 0 bridgehead atoms. The average molecular weight is 366 g/mol. The summed E-state index contributed by atoms with van der Waals surface area (Å²) in [7, 11) is 0. The van der Waals surface area contributed by atoms with E-state index in [1.807, 2.05) is 0 Å². The Kier molecular flexibility index (Phi) is 4.62. The number of carbonyl (C=O) groups excluding carboxylic acids is 2. The van der Waals surface area contributed by atoms with Gasteiger partial charge in [0.05, 0.1) is 11.1 Å². The molecule has 0 atom stereocenters. The third kappa shape index (κ3) is 3.37. The fourth-order valence-electron chi connectivity index (χ4n) is 3.10. The van der Waals surface area contributed by atoms with E-state index in [2.05, 4.69) is 5.32 Å². The van der Waals surface area contributed by atoms with Crippen LogP contribution in [0.25, 0.3) is 0 Å². The number of anilines is 1. The van der Waals surface area contributed by atoms with Gasteiger partial charge in [0.2, 0.25) is 0 Å². The Morgan fingerprint density at radius 1 is 1.27 bits per heavy atom. The van der Waals surface area contributed by atoms with E-state index in [4.69, 9.17) is 10.2 Å². The van der Waals surface area contributed by atoms with Gasteiger partial charge in [-0.3, -0.25) is 9.59 Å². The number of ketones is 1. The summed E-state index contributed by atoms with van der Waals surface area (Å²) >= 11 is 0. The monoisotopic (exact) mass is 366 g/mol. The molecule has 3 N–H and O–H groups in total. The highest BCUT2D eigenvalue weighted by Gasteiger charge is 2.32. The minimum atomic E-state index is -4.56. The second-order valence-electron chi connectivity index (χ2n) is 6.21. The molecule has 0 aliphatic heterocycles. The molecule has 2 aromatic rings. The first-order chi connectivity index (χ1) is 12.2. The van der Waals surface area contributed by atoms with Crippen molar-refractivity contribution in [2.45, 2.75) is 38.9 Å². The molecule has 8 heteroatoms. The van der Waals surface area contributed by atoms with Crippen LogP contribution in [-0.2, 0) is 19.1 Å². The van der Waals surface area contributed by atoms with Crippen LogP contribution >= 0.6 is 0 Å². The van der Waals surface area contributed by atoms with Gasteiger partial charge >= 0.3 is 6.18 Å². The third-order valence-corrected chi connectivity index (χ3v) is 4.33. The number of amides is 1. The molecule has 5 nitrogen and oxygen atoms in total. The Morgan fingerprint density at radius 2 is 2.00 bits per heavy atom. The molecule has 0 spiro atoms. The van der Waals surface area contributed by atoms with Crippen LogP contribution in [0.4, 0.5) is 18.9 Å². The molecule has 1 aliphatic carbocycles. The summed E-state index contributed by atoms with van der Waals surface area (Å²) in [5.41, 5.74) is 5.56. The lowest BCUT2D eigenvalue weighted by molar-refractivity contribution is -0.137. The van der Waals surface area contributed by atoms with E-state index in [9.17, 15) is 22.8 Å². The average Bonchev–Trinajstić information content (AvgIpc) is 2.92. The van der Waals surface area contributed by atoms with Crippen LogP contribution in [0, 0.1) is 6.92 Å². The number of benzene rings is 1. The van der Waals surface area contributed by atoms with E-state index in [-0.39, 0.29) is 29.3 Å². The smallest absolute Gasteiger partial charge is 0.416 e. The number of hydrogen-bond acceptors (Lipinski definition) is 4. The number of furan rings is 1. The summed E-state index contributed by atoms with van der Waals surface area (Å²) in [4.78, 5) is 24.5. The van der Waals surface area contributed by atoms with Gasteiger partial charge in [-0.15, -0.1) is 0 Å². The SMILES string of the molecule is Cc1c(C(=O)Nc2cc(CN)cc(C(F)(F)F)c2)oc2c1C(=O)CCC2. The fourth-order valence-corrected chi connectivity index (χ4v) is 3.10. The Hall–Kier alpha value is -2.61. The zero-order chi connectivity index (χ0) is 19.1. The van der Waals surface area contributed by atoms with Crippen molar-refractivity contribution >= 4 is 17.4 Å². The van der Waals surface area contributed by atoms with Crippen LogP contribution in [-0.4, -0.2) is 11.7 Å².